The van der Waals surface area contributed by atoms with E-state index in [-0.39, 0.29) is 32.3 Å². The van der Waals surface area contributed by atoms with Crippen LogP contribution in [0.5, 0.6) is 0 Å². The Balaban J connectivity index is 1.55. The largest absolute Gasteiger partial charge is 0.206 e. The van der Waals surface area contributed by atoms with E-state index in [9.17, 15) is 49.2 Å². The normalized spacial score (nSPS) is 12.6. The van der Waals surface area contributed by atoms with Gasteiger partial charge in [0.15, 0.2) is 51.9 Å². The van der Waals surface area contributed by atoms with Crippen molar-refractivity contribution < 1.29 is 43.9 Å². The fourth-order valence-corrected chi connectivity index (χ4v) is 6.03. The van der Waals surface area contributed by atoms with Crippen LogP contribution < -0.4 is 10.7 Å². The van der Waals surface area contributed by atoms with Crippen LogP contribution in [0.3, 0.4) is 0 Å². The fourth-order valence-electron chi connectivity index (χ4n) is 6.03. The second-order valence-corrected chi connectivity index (χ2v) is 10.5. The molecule has 7 aromatic rings. The minimum atomic E-state index is -2.33. The molecular weight excluding hydrogens is 654 g/mol. The van der Waals surface area contributed by atoms with Gasteiger partial charge in [0, 0.05) is 21.5 Å². The van der Waals surface area contributed by atoms with Crippen molar-refractivity contribution in [1.29, 1.82) is 5.26 Å². The first kappa shape index (κ1) is 30.4. The van der Waals surface area contributed by atoms with Crippen molar-refractivity contribution in [2.24, 2.45) is 10.1 Å². The van der Waals surface area contributed by atoms with Crippen LogP contribution >= 0.6 is 0 Å². The quantitative estimate of drug-likeness (QED) is 0.0456. The molecule has 0 unspecified atom stereocenters. The second-order valence-electron chi connectivity index (χ2n) is 10.5. The van der Waals surface area contributed by atoms with Gasteiger partial charge in [-0.05, 0) is 56.9 Å². The Bertz CT molecular complexity index is 2570. The lowest BCUT2D eigenvalue weighted by Crippen LogP contribution is -2.04. The Kier molecular flexibility index (Phi) is 6.73. The standard InChI is InChI=1S/C34H8F10N4/c1-46-48-34-18-7-12(22-25(37)29(41)32(44)30(42)26(22)38)3-5-14(18)16-8-19-15(9-20(16)34)13-4-2-11(6-17(13)33(19)47-10-45)21-23(35)27(39)31(43)28(40)24(21)36/h2-9H/b47-33?,48-34+. The van der Waals surface area contributed by atoms with Gasteiger partial charge in [-0.2, -0.15) is 16.8 Å². The summed E-state index contributed by atoms with van der Waals surface area (Å²) in [5.74, 6) is -21.5. The van der Waals surface area contributed by atoms with Crippen LogP contribution in [-0.4, -0.2) is 0 Å². The molecule has 0 aliphatic heterocycles. The predicted molar refractivity (Wildman–Crippen MR) is 153 cm³/mol. The fraction of sp³-hybridized carbons (Fsp3) is 0. The molecular formula is C34H8F10N4. The number of hydrogen-bond donors (Lipinski definition) is 0. The highest BCUT2D eigenvalue weighted by Crippen LogP contribution is 2.38. The highest BCUT2D eigenvalue weighted by atomic mass is 19.2. The minimum Gasteiger partial charge on any atom is -0.203 e. The van der Waals surface area contributed by atoms with Crippen molar-refractivity contribution in [3.05, 3.63) is 129 Å². The van der Waals surface area contributed by atoms with E-state index in [1.165, 1.54) is 24.3 Å². The second kappa shape index (κ2) is 10.6. The molecule has 0 amide bonds. The highest BCUT2D eigenvalue weighted by molar-refractivity contribution is 6.21. The topological polar surface area (TPSA) is 52.9 Å². The molecule has 0 aromatic heterocycles. The van der Waals surface area contributed by atoms with Gasteiger partial charge in [-0.1, -0.05) is 24.3 Å². The van der Waals surface area contributed by atoms with Gasteiger partial charge < -0.3 is 0 Å². The highest BCUT2D eigenvalue weighted by Gasteiger charge is 2.29. The van der Waals surface area contributed by atoms with Crippen LogP contribution in [0, 0.1) is 76.2 Å². The Morgan fingerprint density at radius 2 is 0.812 bits per heavy atom. The van der Waals surface area contributed by atoms with Crippen LogP contribution in [0.25, 0.3) is 70.3 Å². The summed E-state index contributed by atoms with van der Waals surface area (Å²) in [6.45, 7) is 7.34. The first-order valence-electron chi connectivity index (χ1n) is 13.3. The number of nitriles is 1. The lowest BCUT2D eigenvalue weighted by molar-refractivity contribution is 0.381. The maximum Gasteiger partial charge on any atom is 0.206 e. The van der Waals surface area contributed by atoms with Gasteiger partial charge in [0.05, 0.1) is 21.6 Å². The molecule has 0 atom stereocenters. The molecule has 0 spiro atoms. The van der Waals surface area contributed by atoms with Crippen molar-refractivity contribution in [2.75, 3.05) is 0 Å². The third-order valence-corrected chi connectivity index (χ3v) is 8.11. The molecule has 4 nitrogen and oxygen atoms in total. The summed E-state index contributed by atoms with van der Waals surface area (Å²) in [4.78, 5) is 6.88. The first-order valence-corrected chi connectivity index (χ1v) is 13.3. The maximum atomic E-state index is 14.7. The molecule has 0 aliphatic rings. The number of hydrogen-bond acceptors (Lipinski definition) is 3. The van der Waals surface area contributed by atoms with E-state index in [0.717, 1.165) is 24.3 Å². The average Bonchev–Trinajstić information content (AvgIpc) is 3.55. The summed E-state index contributed by atoms with van der Waals surface area (Å²) >= 11 is 0. The molecule has 0 fully saturated rings. The predicted octanol–water partition coefficient (Wildman–Crippen LogP) is 9.02. The number of benzene rings is 5. The summed E-state index contributed by atoms with van der Waals surface area (Å²) in [6.07, 6.45) is 1.61. The average molecular weight is 662 g/mol. The van der Waals surface area contributed by atoms with Crippen LogP contribution in [0.15, 0.2) is 58.6 Å². The van der Waals surface area contributed by atoms with Gasteiger partial charge in [-0.15, -0.1) is 4.95 Å². The molecule has 0 heterocycles. The molecule has 7 aromatic carbocycles. The van der Waals surface area contributed by atoms with E-state index in [1.807, 2.05) is 0 Å². The molecule has 0 saturated carbocycles. The van der Waals surface area contributed by atoms with Crippen molar-refractivity contribution in [2.45, 2.75) is 0 Å². The lowest BCUT2D eigenvalue weighted by atomic mass is 10.0. The number of halogens is 10. The molecule has 14 heteroatoms. The zero-order valence-electron chi connectivity index (χ0n) is 23.2. The third-order valence-electron chi connectivity index (χ3n) is 8.11. The van der Waals surface area contributed by atoms with Crippen LogP contribution in [0.1, 0.15) is 0 Å². The minimum absolute atomic E-state index is 0.0335. The molecule has 0 N–H and O–H groups in total. The van der Waals surface area contributed by atoms with E-state index < -0.39 is 80.4 Å². The molecule has 0 saturated heterocycles. The van der Waals surface area contributed by atoms with Gasteiger partial charge in [0.25, 0.3) is 0 Å². The smallest absolute Gasteiger partial charge is 0.203 e. The van der Waals surface area contributed by atoms with E-state index in [4.69, 9.17) is 6.57 Å². The van der Waals surface area contributed by atoms with E-state index >= 15 is 0 Å². The summed E-state index contributed by atoms with van der Waals surface area (Å²) in [6, 6.07) is 10.1. The van der Waals surface area contributed by atoms with Gasteiger partial charge >= 0.3 is 0 Å². The monoisotopic (exact) mass is 662 g/mol. The molecule has 7 rings (SSSR count). The molecule has 0 bridgehead atoms. The van der Waals surface area contributed by atoms with Crippen molar-refractivity contribution >= 4 is 43.1 Å². The van der Waals surface area contributed by atoms with E-state index in [1.54, 1.807) is 6.19 Å². The SMILES string of the molecule is [C-]#[N+]/N=c1\c2cc(-c3c(F)c(F)c(F)c(F)c3F)ccc2c2cc3c(=NC#N)c4cc(-c5c(F)c(F)c(F)c(F)c5F)ccc4c3cc12. The summed E-state index contributed by atoms with van der Waals surface area (Å²) in [7, 11) is 0. The van der Waals surface area contributed by atoms with Gasteiger partial charge in [-0.3, -0.25) is 0 Å². The van der Waals surface area contributed by atoms with Crippen LogP contribution in [-0.2, 0) is 0 Å². The molecule has 48 heavy (non-hydrogen) atoms. The Hall–Kier alpha value is -6.28. The molecule has 234 valence electrons. The zero-order valence-corrected chi connectivity index (χ0v) is 23.2. The van der Waals surface area contributed by atoms with Gasteiger partial charge in [0.1, 0.15) is 0 Å². The van der Waals surface area contributed by atoms with Crippen molar-refractivity contribution in [1.82, 2.24) is 0 Å². The van der Waals surface area contributed by atoms with Gasteiger partial charge in [0.2, 0.25) is 17.8 Å². The van der Waals surface area contributed by atoms with Crippen molar-refractivity contribution in [3.8, 4) is 28.4 Å². The van der Waals surface area contributed by atoms with E-state index in [2.05, 4.69) is 15.0 Å². The zero-order chi connectivity index (χ0) is 34.3. The third kappa shape index (κ3) is 4.02. The number of nitrogens with zero attached hydrogens (tertiary/aromatic N) is 4. The number of rotatable bonds is 2. The summed E-state index contributed by atoms with van der Waals surface area (Å²) < 4.78 is 142. The Morgan fingerprint density at radius 3 is 1.21 bits per heavy atom. The van der Waals surface area contributed by atoms with E-state index in [0.29, 0.717) is 21.5 Å². The lowest BCUT2D eigenvalue weighted by Gasteiger charge is -2.08. The van der Waals surface area contributed by atoms with Gasteiger partial charge in [-0.25, -0.2) is 43.9 Å². The molecule has 0 aliphatic carbocycles. The Morgan fingerprint density at radius 1 is 0.458 bits per heavy atom. The summed E-state index contributed by atoms with van der Waals surface area (Å²) in [5, 5.41) is 15.3. The molecule has 0 radical (unpaired) electrons. The maximum absolute atomic E-state index is 14.7. The first-order chi connectivity index (χ1) is 22.9. The van der Waals surface area contributed by atoms with Crippen molar-refractivity contribution in [3.63, 3.8) is 0 Å². The summed E-state index contributed by atoms with van der Waals surface area (Å²) in [5.41, 5.74) is -3.21. The van der Waals surface area contributed by atoms with Crippen LogP contribution in [0.2, 0.25) is 0 Å². The Labute approximate surface area is 259 Å². The van der Waals surface area contributed by atoms with Crippen LogP contribution in [0.4, 0.5) is 43.9 Å². The number of fused-ring (bicyclic) bond motifs is 6.